The van der Waals surface area contributed by atoms with Crippen molar-refractivity contribution in [2.75, 3.05) is 17.7 Å². The smallest absolute Gasteiger partial charge is 0.337 e. The molecule has 0 aromatic heterocycles. The molecule has 2 N–H and O–H groups in total. The third kappa shape index (κ3) is 4.68. The lowest BCUT2D eigenvalue weighted by atomic mass is 10.2. The molecule has 0 fully saturated rings. The van der Waals surface area contributed by atoms with Crippen molar-refractivity contribution in [2.45, 2.75) is 0 Å². The Morgan fingerprint density at radius 2 is 1.64 bits per heavy atom. The highest BCUT2D eigenvalue weighted by atomic mass is 35.5. The van der Waals surface area contributed by atoms with Gasteiger partial charge in [-0.15, -0.1) is 0 Å². The van der Waals surface area contributed by atoms with Crippen LogP contribution >= 0.6 is 23.2 Å². The second-order valence-electron chi connectivity index (χ2n) is 4.72. The van der Waals surface area contributed by atoms with Crippen molar-refractivity contribution in [3.05, 3.63) is 57.8 Å². The SMILES string of the molecule is COC(=O)c1ccc(Cl)c(NC(=O)C(=O)Nc2ccc(F)c(Cl)c2)c1. The lowest BCUT2D eigenvalue weighted by Gasteiger charge is -2.09. The van der Waals surface area contributed by atoms with E-state index in [-0.39, 0.29) is 27.0 Å². The molecule has 2 rings (SSSR count). The van der Waals surface area contributed by atoms with Gasteiger partial charge in [0, 0.05) is 5.69 Å². The first kappa shape index (κ1) is 18.7. The van der Waals surface area contributed by atoms with Gasteiger partial charge in [-0.25, -0.2) is 9.18 Å². The number of anilines is 2. The van der Waals surface area contributed by atoms with Crippen LogP contribution < -0.4 is 10.6 Å². The molecule has 0 saturated carbocycles. The fourth-order valence-corrected chi connectivity index (χ4v) is 2.15. The molecular weight excluding hydrogens is 374 g/mol. The van der Waals surface area contributed by atoms with Crippen molar-refractivity contribution >= 4 is 52.4 Å². The highest BCUT2D eigenvalue weighted by Crippen LogP contribution is 2.24. The zero-order valence-corrected chi connectivity index (χ0v) is 14.2. The average molecular weight is 385 g/mol. The third-order valence-electron chi connectivity index (χ3n) is 3.02. The highest BCUT2D eigenvalue weighted by molar-refractivity contribution is 6.45. The van der Waals surface area contributed by atoms with Gasteiger partial charge in [0.05, 0.1) is 28.4 Å². The van der Waals surface area contributed by atoms with Gasteiger partial charge < -0.3 is 15.4 Å². The van der Waals surface area contributed by atoms with E-state index in [0.29, 0.717) is 0 Å². The summed E-state index contributed by atoms with van der Waals surface area (Å²) in [6, 6.07) is 7.51. The zero-order chi connectivity index (χ0) is 18.6. The number of ether oxygens (including phenoxy) is 1. The minimum atomic E-state index is -1.04. The van der Waals surface area contributed by atoms with Gasteiger partial charge in [0.2, 0.25) is 0 Å². The van der Waals surface area contributed by atoms with Crippen molar-refractivity contribution in [2.24, 2.45) is 0 Å². The van der Waals surface area contributed by atoms with Crippen LogP contribution in [0.5, 0.6) is 0 Å². The number of esters is 1. The molecule has 0 aliphatic rings. The Morgan fingerprint density at radius 3 is 2.28 bits per heavy atom. The molecule has 0 aliphatic carbocycles. The van der Waals surface area contributed by atoms with Crippen LogP contribution in [0, 0.1) is 5.82 Å². The standard InChI is InChI=1S/C16H11Cl2FN2O4/c1-25-16(24)8-2-4-10(17)13(6-8)21-15(23)14(22)20-9-3-5-12(19)11(18)7-9/h2-7H,1H3,(H,20,22)(H,21,23). The lowest BCUT2D eigenvalue weighted by molar-refractivity contribution is -0.132. The van der Waals surface area contributed by atoms with E-state index in [0.717, 1.165) is 12.1 Å². The number of benzene rings is 2. The summed E-state index contributed by atoms with van der Waals surface area (Å²) < 4.78 is 17.6. The largest absolute Gasteiger partial charge is 0.465 e. The Bertz CT molecular complexity index is 858. The summed E-state index contributed by atoms with van der Waals surface area (Å²) in [7, 11) is 1.20. The van der Waals surface area contributed by atoms with Crippen LogP contribution in [-0.4, -0.2) is 24.9 Å². The molecule has 6 nitrogen and oxygen atoms in total. The van der Waals surface area contributed by atoms with Crippen LogP contribution in [-0.2, 0) is 14.3 Å². The van der Waals surface area contributed by atoms with Crippen LogP contribution in [0.3, 0.4) is 0 Å². The fourth-order valence-electron chi connectivity index (χ4n) is 1.81. The summed E-state index contributed by atoms with van der Waals surface area (Å²) in [6.45, 7) is 0. The number of nitrogens with one attached hydrogen (secondary N) is 2. The summed E-state index contributed by atoms with van der Waals surface area (Å²) in [5, 5.41) is 4.46. The molecule has 0 unspecified atom stereocenters. The zero-order valence-electron chi connectivity index (χ0n) is 12.7. The minimum Gasteiger partial charge on any atom is -0.465 e. The second-order valence-corrected chi connectivity index (χ2v) is 5.54. The van der Waals surface area contributed by atoms with Crippen LogP contribution in [0.25, 0.3) is 0 Å². The molecule has 9 heteroatoms. The molecule has 130 valence electrons. The predicted octanol–water partition coefficient (Wildman–Crippen LogP) is 3.50. The van der Waals surface area contributed by atoms with E-state index in [1.807, 2.05) is 0 Å². The number of methoxy groups -OCH3 is 1. The molecule has 0 spiro atoms. The molecule has 0 aliphatic heterocycles. The molecule has 2 amide bonds. The number of hydrogen-bond donors (Lipinski definition) is 2. The summed E-state index contributed by atoms with van der Waals surface area (Å²) in [5.74, 6) is -3.35. The first-order valence-electron chi connectivity index (χ1n) is 6.77. The Kier molecular flexibility index (Phi) is 5.95. The molecular formula is C16H11Cl2FN2O4. The van der Waals surface area contributed by atoms with E-state index in [4.69, 9.17) is 23.2 Å². The van der Waals surface area contributed by atoms with Crippen molar-refractivity contribution in [1.29, 1.82) is 0 Å². The van der Waals surface area contributed by atoms with E-state index in [2.05, 4.69) is 15.4 Å². The van der Waals surface area contributed by atoms with Gasteiger partial charge >= 0.3 is 17.8 Å². The maximum absolute atomic E-state index is 13.1. The summed E-state index contributed by atoms with van der Waals surface area (Å²) >= 11 is 11.5. The molecule has 0 heterocycles. The van der Waals surface area contributed by atoms with E-state index < -0.39 is 23.6 Å². The Labute approximate surface area is 151 Å². The fraction of sp³-hybridized carbons (Fsp3) is 0.0625. The topological polar surface area (TPSA) is 84.5 Å². The van der Waals surface area contributed by atoms with Gasteiger partial charge in [0.15, 0.2) is 0 Å². The van der Waals surface area contributed by atoms with Gasteiger partial charge in [-0.3, -0.25) is 9.59 Å². The number of rotatable bonds is 3. The maximum atomic E-state index is 13.1. The normalized spacial score (nSPS) is 10.1. The maximum Gasteiger partial charge on any atom is 0.337 e. The monoisotopic (exact) mass is 384 g/mol. The van der Waals surface area contributed by atoms with Gasteiger partial charge in [0.1, 0.15) is 5.82 Å². The van der Waals surface area contributed by atoms with Crippen LogP contribution in [0.15, 0.2) is 36.4 Å². The van der Waals surface area contributed by atoms with Crippen molar-refractivity contribution < 1.29 is 23.5 Å². The van der Waals surface area contributed by atoms with Gasteiger partial charge in [-0.05, 0) is 36.4 Å². The highest BCUT2D eigenvalue weighted by Gasteiger charge is 2.17. The van der Waals surface area contributed by atoms with E-state index in [1.54, 1.807) is 0 Å². The Hall–Kier alpha value is -2.64. The number of halogens is 3. The molecule has 2 aromatic carbocycles. The number of amides is 2. The van der Waals surface area contributed by atoms with Crippen LogP contribution in [0.4, 0.5) is 15.8 Å². The van der Waals surface area contributed by atoms with Gasteiger partial charge in [-0.2, -0.15) is 0 Å². The quantitative estimate of drug-likeness (QED) is 0.626. The van der Waals surface area contributed by atoms with E-state index in [1.165, 1.54) is 31.4 Å². The molecule has 2 aromatic rings. The van der Waals surface area contributed by atoms with Crippen molar-refractivity contribution in [1.82, 2.24) is 0 Å². The number of hydrogen-bond acceptors (Lipinski definition) is 4. The first-order valence-corrected chi connectivity index (χ1v) is 7.52. The molecule has 0 bridgehead atoms. The van der Waals surface area contributed by atoms with Gasteiger partial charge in [-0.1, -0.05) is 23.2 Å². The molecule has 0 atom stereocenters. The third-order valence-corrected chi connectivity index (χ3v) is 3.64. The molecule has 25 heavy (non-hydrogen) atoms. The van der Waals surface area contributed by atoms with Gasteiger partial charge in [0.25, 0.3) is 0 Å². The summed E-state index contributed by atoms with van der Waals surface area (Å²) in [5.41, 5.74) is 0.343. The minimum absolute atomic E-state index is 0.0573. The first-order chi connectivity index (χ1) is 11.8. The van der Waals surface area contributed by atoms with E-state index in [9.17, 15) is 18.8 Å². The number of carbonyl (C=O) groups excluding carboxylic acids is 3. The van der Waals surface area contributed by atoms with Crippen molar-refractivity contribution in [3.8, 4) is 0 Å². The van der Waals surface area contributed by atoms with E-state index >= 15 is 0 Å². The van der Waals surface area contributed by atoms with Crippen LogP contribution in [0.2, 0.25) is 10.0 Å². The second kappa shape index (κ2) is 7.96. The average Bonchev–Trinajstić information content (AvgIpc) is 2.59. The molecule has 0 saturated heterocycles. The summed E-state index contributed by atoms with van der Waals surface area (Å²) in [4.78, 5) is 35.4. The van der Waals surface area contributed by atoms with Crippen LogP contribution in [0.1, 0.15) is 10.4 Å². The predicted molar refractivity (Wildman–Crippen MR) is 91.5 cm³/mol. The Balaban J connectivity index is 2.11. The number of carbonyl (C=O) groups is 3. The molecule has 0 radical (unpaired) electrons. The Morgan fingerprint density at radius 1 is 0.960 bits per heavy atom. The van der Waals surface area contributed by atoms with Crippen molar-refractivity contribution in [3.63, 3.8) is 0 Å². The lowest BCUT2D eigenvalue weighted by Crippen LogP contribution is -2.29. The summed E-state index contributed by atoms with van der Waals surface area (Å²) in [6.07, 6.45) is 0.